The number of carbonyl (C=O) groups excluding carboxylic acids is 1. The number of alkyl halides is 3. The van der Waals surface area contributed by atoms with Crippen LogP contribution >= 0.6 is 11.6 Å². The number of carbonyl (C=O) groups is 1. The molecule has 0 fully saturated rings. The van der Waals surface area contributed by atoms with Crippen LogP contribution in [0, 0.1) is 12.7 Å². The van der Waals surface area contributed by atoms with Crippen LogP contribution in [0.5, 0.6) is 5.88 Å². The topological polar surface area (TPSA) is 69.0 Å². The summed E-state index contributed by atoms with van der Waals surface area (Å²) in [4.78, 5) is 16.4. The fraction of sp³-hybridized carbons (Fsp3) is 0.250. The minimum atomic E-state index is -4.51. The van der Waals surface area contributed by atoms with Crippen LogP contribution in [0.1, 0.15) is 27.2 Å². The minimum Gasteiger partial charge on any atom is -0.468 e. The van der Waals surface area contributed by atoms with Gasteiger partial charge in [-0.05, 0) is 30.7 Å². The second-order valence-corrected chi connectivity index (χ2v) is 6.95. The zero-order valence-electron chi connectivity index (χ0n) is 16.2. The van der Waals surface area contributed by atoms with Crippen molar-refractivity contribution in [3.8, 4) is 5.88 Å². The summed E-state index contributed by atoms with van der Waals surface area (Å²) in [5.74, 6) is -1.16. The largest absolute Gasteiger partial charge is 0.468 e. The number of halogens is 5. The summed E-state index contributed by atoms with van der Waals surface area (Å²) in [7, 11) is 0. The molecule has 1 amide bonds. The Labute approximate surface area is 179 Å². The Kier molecular flexibility index (Phi) is 6.79. The Morgan fingerprint density at radius 2 is 1.94 bits per heavy atom. The molecule has 31 heavy (non-hydrogen) atoms. The van der Waals surface area contributed by atoms with Crippen molar-refractivity contribution >= 4 is 17.5 Å². The molecule has 0 saturated carbocycles. The Hall–Kier alpha value is -3.14. The highest BCUT2D eigenvalue weighted by Crippen LogP contribution is 2.23. The van der Waals surface area contributed by atoms with Crippen molar-refractivity contribution in [2.45, 2.75) is 26.2 Å². The van der Waals surface area contributed by atoms with Gasteiger partial charge < -0.3 is 10.1 Å². The van der Waals surface area contributed by atoms with Gasteiger partial charge in [-0.3, -0.25) is 4.79 Å². The molecule has 0 saturated heterocycles. The predicted octanol–water partition coefficient (Wildman–Crippen LogP) is 4.30. The Morgan fingerprint density at radius 3 is 2.61 bits per heavy atom. The van der Waals surface area contributed by atoms with Crippen LogP contribution in [0.15, 0.2) is 42.6 Å². The molecule has 1 aromatic carbocycles. The first-order valence-electron chi connectivity index (χ1n) is 9.03. The smallest absolute Gasteiger partial charge is 0.422 e. The number of rotatable bonds is 7. The molecule has 0 unspecified atom stereocenters. The van der Waals surface area contributed by atoms with Gasteiger partial charge in [0.25, 0.3) is 5.91 Å². The maximum absolute atomic E-state index is 13.1. The van der Waals surface area contributed by atoms with Crippen LogP contribution in [0.4, 0.5) is 17.6 Å². The molecule has 0 atom stereocenters. The lowest BCUT2D eigenvalue weighted by molar-refractivity contribution is -0.154. The molecule has 164 valence electrons. The first-order chi connectivity index (χ1) is 14.6. The molecule has 1 N–H and O–H groups in total. The number of pyridine rings is 1. The van der Waals surface area contributed by atoms with E-state index in [-0.39, 0.29) is 41.1 Å². The van der Waals surface area contributed by atoms with Crippen molar-refractivity contribution in [3.05, 3.63) is 75.9 Å². The van der Waals surface area contributed by atoms with Crippen molar-refractivity contribution in [1.82, 2.24) is 20.1 Å². The van der Waals surface area contributed by atoms with Gasteiger partial charge >= 0.3 is 6.18 Å². The zero-order chi connectivity index (χ0) is 22.6. The lowest BCUT2D eigenvalue weighted by Gasteiger charge is -2.12. The third-order valence-corrected chi connectivity index (χ3v) is 4.58. The van der Waals surface area contributed by atoms with E-state index in [1.165, 1.54) is 35.1 Å². The van der Waals surface area contributed by atoms with Gasteiger partial charge in [-0.2, -0.15) is 18.3 Å². The maximum Gasteiger partial charge on any atom is 0.422 e. The van der Waals surface area contributed by atoms with E-state index in [9.17, 15) is 22.4 Å². The quantitative estimate of drug-likeness (QED) is 0.538. The number of nitrogens with one attached hydrogen (secondary N) is 1. The highest BCUT2D eigenvalue weighted by molar-refractivity contribution is 6.33. The zero-order valence-corrected chi connectivity index (χ0v) is 17.0. The van der Waals surface area contributed by atoms with Crippen LogP contribution in [-0.2, 0) is 13.1 Å². The molecular formula is C20H17ClF4N4O2. The van der Waals surface area contributed by atoms with Gasteiger partial charge in [0.1, 0.15) is 11.0 Å². The van der Waals surface area contributed by atoms with E-state index in [0.717, 1.165) is 5.56 Å². The molecule has 2 aromatic heterocycles. The summed E-state index contributed by atoms with van der Waals surface area (Å²) in [6, 6.07) is 8.77. The van der Waals surface area contributed by atoms with E-state index in [1.54, 1.807) is 19.1 Å². The van der Waals surface area contributed by atoms with Gasteiger partial charge in [0.2, 0.25) is 5.88 Å². The Bertz CT molecular complexity index is 1070. The van der Waals surface area contributed by atoms with Gasteiger partial charge in [-0.15, -0.1) is 0 Å². The van der Waals surface area contributed by atoms with Crippen LogP contribution in [-0.4, -0.2) is 33.5 Å². The van der Waals surface area contributed by atoms with E-state index in [4.69, 9.17) is 16.3 Å². The van der Waals surface area contributed by atoms with Gasteiger partial charge in [0.15, 0.2) is 6.61 Å². The number of amides is 1. The van der Waals surface area contributed by atoms with Crippen molar-refractivity contribution in [2.75, 3.05) is 6.61 Å². The fourth-order valence-electron chi connectivity index (χ4n) is 2.78. The predicted molar refractivity (Wildman–Crippen MR) is 104 cm³/mol. The van der Waals surface area contributed by atoms with Gasteiger partial charge in [-0.25, -0.2) is 14.1 Å². The molecular weight excluding hydrogens is 440 g/mol. The Balaban J connectivity index is 1.70. The molecule has 2 heterocycles. The second kappa shape index (κ2) is 9.34. The van der Waals surface area contributed by atoms with Crippen LogP contribution < -0.4 is 10.1 Å². The standard InChI is InChI=1S/C20H17ClF4N4O2/c1-12-16(17(21)29(28-12)10-13-4-6-15(22)7-5-13)18(30)27-9-14-3-2-8-26-19(14)31-11-20(23,24)25/h2-8H,9-11H2,1H3,(H,27,30). The van der Waals surface area contributed by atoms with Gasteiger partial charge in [0, 0.05) is 18.3 Å². The molecule has 6 nitrogen and oxygen atoms in total. The number of ether oxygens (including phenoxy) is 1. The van der Waals surface area contributed by atoms with Crippen molar-refractivity contribution < 1.29 is 27.1 Å². The molecule has 0 aliphatic heterocycles. The van der Waals surface area contributed by atoms with Crippen molar-refractivity contribution in [3.63, 3.8) is 0 Å². The van der Waals surface area contributed by atoms with E-state index in [1.807, 2.05) is 0 Å². The van der Waals surface area contributed by atoms with Crippen LogP contribution in [0.25, 0.3) is 0 Å². The molecule has 0 aliphatic carbocycles. The number of aryl methyl sites for hydroxylation is 1. The lowest BCUT2D eigenvalue weighted by Crippen LogP contribution is -2.25. The van der Waals surface area contributed by atoms with E-state index in [2.05, 4.69) is 15.4 Å². The monoisotopic (exact) mass is 456 g/mol. The van der Waals surface area contributed by atoms with Gasteiger partial charge in [0.05, 0.1) is 17.8 Å². The summed E-state index contributed by atoms with van der Waals surface area (Å²) >= 11 is 6.32. The van der Waals surface area contributed by atoms with E-state index in [0.29, 0.717) is 5.69 Å². The number of aromatic nitrogens is 3. The van der Waals surface area contributed by atoms with E-state index >= 15 is 0 Å². The normalized spacial score (nSPS) is 11.4. The number of hydrogen-bond acceptors (Lipinski definition) is 4. The molecule has 3 aromatic rings. The van der Waals surface area contributed by atoms with Crippen LogP contribution in [0.3, 0.4) is 0 Å². The summed E-state index contributed by atoms with van der Waals surface area (Å²) in [5, 5.41) is 6.92. The van der Waals surface area contributed by atoms with E-state index < -0.39 is 18.7 Å². The molecule has 0 aliphatic rings. The summed E-state index contributed by atoms with van der Waals surface area (Å²) in [6.45, 7) is 0.208. The number of hydrogen-bond donors (Lipinski definition) is 1. The number of nitrogens with zero attached hydrogens (tertiary/aromatic N) is 3. The van der Waals surface area contributed by atoms with Crippen LogP contribution in [0.2, 0.25) is 5.15 Å². The first kappa shape index (κ1) is 22.5. The highest BCUT2D eigenvalue weighted by atomic mass is 35.5. The highest BCUT2D eigenvalue weighted by Gasteiger charge is 2.29. The fourth-order valence-corrected chi connectivity index (χ4v) is 3.10. The Morgan fingerprint density at radius 1 is 1.23 bits per heavy atom. The molecule has 3 rings (SSSR count). The minimum absolute atomic E-state index is 0.0825. The molecule has 11 heteroatoms. The average molecular weight is 457 g/mol. The second-order valence-electron chi connectivity index (χ2n) is 6.59. The first-order valence-corrected chi connectivity index (χ1v) is 9.41. The molecule has 0 spiro atoms. The third-order valence-electron chi connectivity index (χ3n) is 4.20. The summed E-state index contributed by atoms with van der Waals surface area (Å²) in [5.41, 5.74) is 1.50. The maximum atomic E-state index is 13.1. The average Bonchev–Trinajstić information content (AvgIpc) is 2.99. The summed E-state index contributed by atoms with van der Waals surface area (Å²) in [6.07, 6.45) is -3.22. The van der Waals surface area contributed by atoms with Crippen molar-refractivity contribution in [1.29, 1.82) is 0 Å². The SMILES string of the molecule is Cc1nn(Cc2ccc(F)cc2)c(Cl)c1C(=O)NCc1cccnc1OCC(F)(F)F. The third kappa shape index (κ3) is 5.94. The molecule has 0 bridgehead atoms. The summed E-state index contributed by atoms with van der Waals surface area (Å²) < 4.78 is 56.4. The van der Waals surface area contributed by atoms with Crippen molar-refractivity contribution in [2.24, 2.45) is 0 Å². The molecule has 0 radical (unpaired) electrons. The lowest BCUT2D eigenvalue weighted by atomic mass is 10.2. The number of benzene rings is 1. The van der Waals surface area contributed by atoms with Gasteiger partial charge in [-0.1, -0.05) is 29.8 Å².